The first kappa shape index (κ1) is 13.3. The lowest BCUT2D eigenvalue weighted by Crippen LogP contribution is -2.46. The number of nitrogens with zero attached hydrogens (tertiary/aromatic N) is 2. The van der Waals surface area contributed by atoms with Crippen molar-refractivity contribution in [1.29, 1.82) is 0 Å². The largest absolute Gasteiger partial charge is 0.350 e. The normalized spacial score (nSPS) is 20.1. The molecule has 100 valence electrons. The van der Waals surface area contributed by atoms with Crippen molar-refractivity contribution in [3.05, 3.63) is 24.1 Å². The van der Waals surface area contributed by atoms with Crippen molar-refractivity contribution in [3.8, 4) is 0 Å². The van der Waals surface area contributed by atoms with E-state index in [4.69, 9.17) is 0 Å². The monoisotopic (exact) mass is 251 g/mol. The first-order valence-electron chi connectivity index (χ1n) is 6.90. The second-order valence-corrected chi connectivity index (χ2v) is 4.86. The molecule has 0 aromatic carbocycles. The van der Waals surface area contributed by atoms with Gasteiger partial charge in [-0.1, -0.05) is 6.92 Å². The van der Waals surface area contributed by atoms with E-state index < -0.39 is 0 Å². The maximum Gasteiger partial charge on any atom is 0.165 e. The van der Waals surface area contributed by atoms with Gasteiger partial charge >= 0.3 is 0 Å². The molecular weight excluding hydrogens is 229 g/mol. The third-order valence-electron chi connectivity index (χ3n) is 3.44. The summed E-state index contributed by atoms with van der Waals surface area (Å²) in [6.07, 6.45) is 6.27. The summed E-state index contributed by atoms with van der Waals surface area (Å²) in [5, 5.41) is 3.43. The molecule has 0 bridgehead atoms. The lowest BCUT2D eigenvalue weighted by molar-refractivity contribution is 0.426. The fraction of sp³-hybridized carbons (Fsp3) is 0.643. The van der Waals surface area contributed by atoms with Gasteiger partial charge in [-0.05, 0) is 44.4 Å². The maximum atomic E-state index is 13.8. The first-order chi connectivity index (χ1) is 8.83. The van der Waals surface area contributed by atoms with Gasteiger partial charge in [-0.25, -0.2) is 9.37 Å². The average Bonchev–Trinajstić information content (AvgIpc) is 2.40. The molecule has 1 aliphatic rings. The zero-order valence-corrected chi connectivity index (χ0v) is 11.0. The summed E-state index contributed by atoms with van der Waals surface area (Å²) in [5.74, 6) is 0.306. The van der Waals surface area contributed by atoms with Crippen molar-refractivity contribution >= 4 is 5.82 Å². The number of hydrogen-bond acceptors (Lipinski definition) is 3. The Bertz CT molecular complexity index is 370. The molecule has 2 heterocycles. The van der Waals surface area contributed by atoms with Crippen LogP contribution in [0.5, 0.6) is 0 Å². The van der Waals surface area contributed by atoms with E-state index in [1.54, 1.807) is 12.3 Å². The van der Waals surface area contributed by atoms with Gasteiger partial charge in [0.1, 0.15) is 0 Å². The van der Waals surface area contributed by atoms with E-state index in [-0.39, 0.29) is 5.82 Å². The van der Waals surface area contributed by atoms with Crippen molar-refractivity contribution in [2.75, 3.05) is 24.5 Å². The summed E-state index contributed by atoms with van der Waals surface area (Å²) in [6, 6.07) is 3.51. The molecule has 0 amide bonds. The first-order valence-corrected chi connectivity index (χ1v) is 6.90. The highest BCUT2D eigenvalue weighted by molar-refractivity contribution is 5.41. The summed E-state index contributed by atoms with van der Waals surface area (Å²) in [5.41, 5.74) is 0. The number of aromatic nitrogens is 1. The molecule has 18 heavy (non-hydrogen) atoms. The van der Waals surface area contributed by atoms with Gasteiger partial charge in [-0.15, -0.1) is 0 Å². The number of halogens is 1. The predicted molar refractivity (Wildman–Crippen MR) is 72.3 cm³/mol. The number of piperidine rings is 1. The Kier molecular flexibility index (Phi) is 4.93. The molecule has 0 saturated carbocycles. The zero-order valence-electron chi connectivity index (χ0n) is 11.0. The van der Waals surface area contributed by atoms with Gasteiger partial charge < -0.3 is 10.2 Å². The summed E-state index contributed by atoms with van der Waals surface area (Å²) < 4.78 is 13.8. The van der Waals surface area contributed by atoms with Crippen molar-refractivity contribution in [2.24, 2.45) is 0 Å². The van der Waals surface area contributed by atoms with Crippen LogP contribution in [0, 0.1) is 5.82 Å². The summed E-state index contributed by atoms with van der Waals surface area (Å²) in [4.78, 5) is 6.33. The number of anilines is 1. The Morgan fingerprint density at radius 3 is 3.17 bits per heavy atom. The predicted octanol–water partition coefficient (Wildman–Crippen LogP) is 2.58. The smallest absolute Gasteiger partial charge is 0.165 e. The Labute approximate surface area is 108 Å². The van der Waals surface area contributed by atoms with Gasteiger partial charge in [-0.2, -0.15) is 0 Å². The van der Waals surface area contributed by atoms with Crippen LogP contribution < -0.4 is 10.2 Å². The van der Waals surface area contributed by atoms with Gasteiger partial charge in [0.15, 0.2) is 11.6 Å². The van der Waals surface area contributed by atoms with E-state index >= 15 is 0 Å². The standard InChI is InChI=1S/C14H22FN3/c1-2-8-16-11-12-6-3-4-10-18(12)14-13(15)7-5-9-17-14/h5,7,9,12,16H,2-4,6,8,10-11H2,1H3. The second kappa shape index (κ2) is 6.69. The Morgan fingerprint density at radius 2 is 2.39 bits per heavy atom. The van der Waals surface area contributed by atoms with Crippen LogP contribution in [0.2, 0.25) is 0 Å². The molecule has 3 nitrogen and oxygen atoms in total. The van der Waals surface area contributed by atoms with Gasteiger partial charge in [0.2, 0.25) is 0 Å². The van der Waals surface area contributed by atoms with Gasteiger partial charge in [-0.3, -0.25) is 0 Å². The third-order valence-corrected chi connectivity index (χ3v) is 3.44. The molecule has 1 N–H and O–H groups in total. The highest BCUT2D eigenvalue weighted by Gasteiger charge is 2.25. The van der Waals surface area contributed by atoms with E-state index in [1.807, 2.05) is 0 Å². The van der Waals surface area contributed by atoms with Crippen molar-refractivity contribution in [2.45, 2.75) is 38.6 Å². The minimum Gasteiger partial charge on any atom is -0.350 e. The molecule has 4 heteroatoms. The van der Waals surface area contributed by atoms with Crippen LogP contribution in [0.15, 0.2) is 18.3 Å². The minimum atomic E-state index is -0.208. The molecule has 0 aliphatic carbocycles. The van der Waals surface area contributed by atoms with E-state index in [9.17, 15) is 4.39 Å². The quantitative estimate of drug-likeness (QED) is 0.815. The molecule has 1 saturated heterocycles. The van der Waals surface area contributed by atoms with Crippen LogP contribution >= 0.6 is 0 Å². The van der Waals surface area contributed by atoms with Gasteiger partial charge in [0.25, 0.3) is 0 Å². The van der Waals surface area contributed by atoms with Crippen molar-refractivity contribution in [1.82, 2.24) is 10.3 Å². The molecule has 1 aromatic rings. The fourth-order valence-electron chi connectivity index (χ4n) is 2.53. The molecular formula is C14H22FN3. The van der Waals surface area contributed by atoms with Crippen LogP contribution in [-0.2, 0) is 0 Å². The Balaban J connectivity index is 2.05. The number of pyridine rings is 1. The SMILES string of the molecule is CCCNCC1CCCCN1c1ncccc1F. The molecule has 1 unspecified atom stereocenters. The van der Waals surface area contributed by atoms with E-state index in [0.29, 0.717) is 11.9 Å². The molecule has 1 atom stereocenters. The zero-order chi connectivity index (χ0) is 12.8. The Morgan fingerprint density at radius 1 is 1.50 bits per heavy atom. The van der Waals surface area contributed by atoms with Crippen molar-refractivity contribution in [3.63, 3.8) is 0 Å². The van der Waals surface area contributed by atoms with Crippen LogP contribution in [-0.4, -0.2) is 30.7 Å². The second-order valence-electron chi connectivity index (χ2n) is 4.86. The van der Waals surface area contributed by atoms with Crippen LogP contribution in [0.1, 0.15) is 32.6 Å². The molecule has 1 aromatic heterocycles. The fourth-order valence-corrected chi connectivity index (χ4v) is 2.53. The number of nitrogens with one attached hydrogen (secondary N) is 1. The van der Waals surface area contributed by atoms with E-state index in [1.165, 1.54) is 12.5 Å². The summed E-state index contributed by atoms with van der Waals surface area (Å²) >= 11 is 0. The molecule has 0 radical (unpaired) electrons. The summed E-state index contributed by atoms with van der Waals surface area (Å²) in [7, 11) is 0. The highest BCUT2D eigenvalue weighted by Crippen LogP contribution is 2.24. The van der Waals surface area contributed by atoms with Crippen molar-refractivity contribution < 1.29 is 4.39 Å². The van der Waals surface area contributed by atoms with Crippen LogP contribution in [0.3, 0.4) is 0 Å². The lowest BCUT2D eigenvalue weighted by atomic mass is 10.0. The topological polar surface area (TPSA) is 28.2 Å². The average molecular weight is 251 g/mol. The van der Waals surface area contributed by atoms with Crippen LogP contribution in [0.25, 0.3) is 0 Å². The summed E-state index contributed by atoms with van der Waals surface area (Å²) in [6.45, 7) is 5.01. The molecule has 1 fully saturated rings. The number of hydrogen-bond donors (Lipinski definition) is 1. The maximum absolute atomic E-state index is 13.8. The Hall–Kier alpha value is -1.16. The lowest BCUT2D eigenvalue weighted by Gasteiger charge is -2.37. The van der Waals surface area contributed by atoms with E-state index in [0.717, 1.165) is 38.9 Å². The van der Waals surface area contributed by atoms with Gasteiger partial charge in [0.05, 0.1) is 0 Å². The van der Waals surface area contributed by atoms with Crippen LogP contribution in [0.4, 0.5) is 10.2 Å². The molecule has 0 spiro atoms. The minimum absolute atomic E-state index is 0.208. The highest BCUT2D eigenvalue weighted by atomic mass is 19.1. The van der Waals surface area contributed by atoms with E-state index in [2.05, 4.69) is 22.1 Å². The molecule has 1 aliphatic heterocycles. The number of rotatable bonds is 5. The molecule has 2 rings (SSSR count). The third kappa shape index (κ3) is 3.19. The van der Waals surface area contributed by atoms with Gasteiger partial charge in [0, 0.05) is 25.3 Å².